The van der Waals surface area contributed by atoms with E-state index in [2.05, 4.69) is 6.58 Å². The number of nitrogens with zero attached hydrogens (tertiary/aromatic N) is 1. The first kappa shape index (κ1) is 10.3. The van der Waals surface area contributed by atoms with Gasteiger partial charge >= 0.3 is 0 Å². The van der Waals surface area contributed by atoms with E-state index < -0.39 is 0 Å². The van der Waals surface area contributed by atoms with Crippen LogP contribution in [-0.4, -0.2) is 18.3 Å². The minimum Gasteiger partial charge on any atom is -0.491 e. The molecule has 0 bridgehead atoms. The van der Waals surface area contributed by atoms with Gasteiger partial charge in [-0.1, -0.05) is 18.7 Å². The SMILES string of the molecule is C=C(OCCO)c1ccccc1C#N. The van der Waals surface area contributed by atoms with Gasteiger partial charge in [-0.05, 0) is 12.1 Å². The summed E-state index contributed by atoms with van der Waals surface area (Å²) < 4.78 is 5.12. The van der Waals surface area contributed by atoms with Gasteiger partial charge in [0.1, 0.15) is 12.4 Å². The number of aliphatic hydroxyl groups excluding tert-OH is 1. The zero-order chi connectivity index (χ0) is 10.4. The second-order valence-corrected chi connectivity index (χ2v) is 2.65. The van der Waals surface area contributed by atoms with Crippen LogP contribution in [0.2, 0.25) is 0 Å². The summed E-state index contributed by atoms with van der Waals surface area (Å²) in [5, 5.41) is 17.4. The molecular formula is C11H11NO2. The van der Waals surface area contributed by atoms with Crippen molar-refractivity contribution in [2.24, 2.45) is 0 Å². The van der Waals surface area contributed by atoms with Gasteiger partial charge in [0.25, 0.3) is 0 Å². The normalized spacial score (nSPS) is 9.14. The number of rotatable bonds is 4. The molecule has 0 heterocycles. The van der Waals surface area contributed by atoms with Gasteiger partial charge in [0, 0.05) is 5.56 Å². The van der Waals surface area contributed by atoms with Gasteiger partial charge in [-0.15, -0.1) is 0 Å². The number of benzene rings is 1. The molecule has 0 spiro atoms. The number of nitriles is 1. The van der Waals surface area contributed by atoms with Gasteiger partial charge in [0.15, 0.2) is 0 Å². The van der Waals surface area contributed by atoms with Crippen molar-refractivity contribution in [2.45, 2.75) is 0 Å². The molecule has 0 radical (unpaired) electrons. The molecule has 0 amide bonds. The van der Waals surface area contributed by atoms with E-state index in [4.69, 9.17) is 15.1 Å². The summed E-state index contributed by atoms with van der Waals surface area (Å²) in [5.41, 5.74) is 1.19. The highest BCUT2D eigenvalue weighted by Crippen LogP contribution is 2.17. The average Bonchev–Trinajstić information content (AvgIpc) is 2.25. The molecule has 14 heavy (non-hydrogen) atoms. The lowest BCUT2D eigenvalue weighted by atomic mass is 10.1. The van der Waals surface area contributed by atoms with Crippen LogP contribution in [0.25, 0.3) is 5.76 Å². The van der Waals surface area contributed by atoms with Crippen LogP contribution in [-0.2, 0) is 4.74 Å². The Balaban J connectivity index is 2.85. The molecule has 1 aromatic carbocycles. The lowest BCUT2D eigenvalue weighted by Gasteiger charge is -2.08. The third-order valence-electron chi connectivity index (χ3n) is 1.72. The van der Waals surface area contributed by atoms with E-state index >= 15 is 0 Å². The van der Waals surface area contributed by atoms with Crippen molar-refractivity contribution in [3.05, 3.63) is 42.0 Å². The van der Waals surface area contributed by atoms with Crippen molar-refractivity contribution in [2.75, 3.05) is 13.2 Å². The zero-order valence-corrected chi connectivity index (χ0v) is 7.73. The zero-order valence-electron chi connectivity index (χ0n) is 7.73. The lowest BCUT2D eigenvalue weighted by Crippen LogP contribution is -1.99. The second-order valence-electron chi connectivity index (χ2n) is 2.65. The second kappa shape index (κ2) is 5.05. The lowest BCUT2D eigenvalue weighted by molar-refractivity contribution is 0.181. The monoisotopic (exact) mass is 189 g/mol. The summed E-state index contributed by atoms with van der Waals surface area (Å²) in [6, 6.07) is 9.10. The van der Waals surface area contributed by atoms with Crippen LogP contribution in [0.15, 0.2) is 30.8 Å². The Hall–Kier alpha value is -1.79. The maximum atomic E-state index is 8.80. The molecule has 0 aliphatic carbocycles. The number of hydrogen-bond donors (Lipinski definition) is 1. The van der Waals surface area contributed by atoms with E-state index in [0.29, 0.717) is 16.9 Å². The molecule has 0 unspecified atom stereocenters. The average molecular weight is 189 g/mol. The van der Waals surface area contributed by atoms with Crippen molar-refractivity contribution in [1.82, 2.24) is 0 Å². The molecule has 0 aromatic heterocycles. The summed E-state index contributed by atoms with van der Waals surface area (Å²) in [7, 11) is 0. The molecule has 0 aliphatic rings. The van der Waals surface area contributed by atoms with E-state index in [1.54, 1.807) is 18.2 Å². The smallest absolute Gasteiger partial charge is 0.120 e. The van der Waals surface area contributed by atoms with Crippen LogP contribution in [0.1, 0.15) is 11.1 Å². The van der Waals surface area contributed by atoms with E-state index in [1.807, 2.05) is 12.1 Å². The maximum absolute atomic E-state index is 8.80. The van der Waals surface area contributed by atoms with E-state index in [1.165, 1.54) is 0 Å². The molecule has 0 fully saturated rings. The van der Waals surface area contributed by atoms with Crippen molar-refractivity contribution in [3.8, 4) is 6.07 Å². The van der Waals surface area contributed by atoms with Gasteiger partial charge in [-0.2, -0.15) is 5.26 Å². The minimum absolute atomic E-state index is 0.0618. The van der Waals surface area contributed by atoms with Crippen molar-refractivity contribution in [1.29, 1.82) is 5.26 Å². The largest absolute Gasteiger partial charge is 0.491 e. The predicted molar refractivity (Wildman–Crippen MR) is 53.2 cm³/mol. The fourth-order valence-electron chi connectivity index (χ4n) is 1.07. The van der Waals surface area contributed by atoms with Gasteiger partial charge in [-0.3, -0.25) is 0 Å². The summed E-state index contributed by atoms with van der Waals surface area (Å²) in [6.07, 6.45) is 0. The fourth-order valence-corrected chi connectivity index (χ4v) is 1.07. The van der Waals surface area contributed by atoms with Crippen LogP contribution >= 0.6 is 0 Å². The van der Waals surface area contributed by atoms with Crippen LogP contribution in [0.3, 0.4) is 0 Å². The Morgan fingerprint density at radius 3 is 2.86 bits per heavy atom. The van der Waals surface area contributed by atoms with Gasteiger partial charge in [-0.25, -0.2) is 0 Å². The highest BCUT2D eigenvalue weighted by molar-refractivity contribution is 5.64. The molecular weight excluding hydrogens is 178 g/mol. The number of aliphatic hydroxyl groups is 1. The Kier molecular flexibility index (Phi) is 3.71. The highest BCUT2D eigenvalue weighted by atomic mass is 16.5. The fraction of sp³-hybridized carbons (Fsp3) is 0.182. The van der Waals surface area contributed by atoms with Crippen LogP contribution < -0.4 is 0 Å². The molecule has 1 aromatic rings. The van der Waals surface area contributed by atoms with Crippen LogP contribution in [0, 0.1) is 11.3 Å². The van der Waals surface area contributed by atoms with Crippen molar-refractivity contribution >= 4 is 5.76 Å². The standard InChI is InChI=1S/C11H11NO2/c1-9(14-7-6-13)11-5-3-2-4-10(11)8-12/h2-5,13H,1,6-7H2. The first-order valence-corrected chi connectivity index (χ1v) is 4.21. The maximum Gasteiger partial charge on any atom is 0.120 e. The Morgan fingerprint density at radius 1 is 1.50 bits per heavy atom. The van der Waals surface area contributed by atoms with Gasteiger partial charge in [0.2, 0.25) is 0 Å². The summed E-state index contributed by atoms with van der Waals surface area (Å²) >= 11 is 0. The topological polar surface area (TPSA) is 53.2 Å². The van der Waals surface area contributed by atoms with Gasteiger partial charge in [0.05, 0.1) is 18.2 Å². The third-order valence-corrected chi connectivity index (χ3v) is 1.72. The Labute approximate surface area is 82.9 Å². The molecule has 1 rings (SSSR count). The van der Waals surface area contributed by atoms with E-state index in [9.17, 15) is 0 Å². The summed E-state index contributed by atoms with van der Waals surface area (Å²) in [5.74, 6) is 0.413. The van der Waals surface area contributed by atoms with E-state index in [-0.39, 0.29) is 13.2 Å². The molecule has 3 nitrogen and oxygen atoms in total. The molecule has 3 heteroatoms. The first-order chi connectivity index (χ1) is 6.79. The molecule has 0 saturated carbocycles. The quantitative estimate of drug-likeness (QED) is 0.731. The summed E-state index contributed by atoms with van der Waals surface area (Å²) in [6.45, 7) is 3.82. The molecule has 72 valence electrons. The molecule has 0 atom stereocenters. The van der Waals surface area contributed by atoms with Crippen LogP contribution in [0.5, 0.6) is 0 Å². The van der Waals surface area contributed by atoms with E-state index in [0.717, 1.165) is 0 Å². The number of hydrogen-bond acceptors (Lipinski definition) is 3. The van der Waals surface area contributed by atoms with Gasteiger partial charge < -0.3 is 9.84 Å². The Bertz CT molecular complexity index is 366. The molecule has 1 N–H and O–H groups in total. The first-order valence-electron chi connectivity index (χ1n) is 4.21. The Morgan fingerprint density at radius 2 is 2.21 bits per heavy atom. The van der Waals surface area contributed by atoms with Crippen LogP contribution in [0.4, 0.5) is 0 Å². The minimum atomic E-state index is -0.0618. The highest BCUT2D eigenvalue weighted by Gasteiger charge is 2.04. The number of ether oxygens (including phenoxy) is 1. The molecule has 0 saturated heterocycles. The van der Waals surface area contributed by atoms with Crippen molar-refractivity contribution in [3.63, 3.8) is 0 Å². The summed E-state index contributed by atoms with van der Waals surface area (Å²) in [4.78, 5) is 0. The van der Waals surface area contributed by atoms with Crippen molar-refractivity contribution < 1.29 is 9.84 Å². The third kappa shape index (κ3) is 2.35. The predicted octanol–water partition coefficient (Wildman–Crippen LogP) is 1.54. The molecule has 0 aliphatic heterocycles.